The summed E-state index contributed by atoms with van der Waals surface area (Å²) >= 11 is 0. The highest BCUT2D eigenvalue weighted by atomic mass is 16.8. The molecule has 3 N–H and O–H groups in total. The van der Waals surface area contributed by atoms with Crippen molar-refractivity contribution in [3.05, 3.63) is 38.4 Å². The number of aliphatic hydroxyl groups excluding tert-OH is 1. The van der Waals surface area contributed by atoms with Crippen LogP contribution in [0.3, 0.4) is 0 Å². The number of rotatable bonds is 11. The molecule has 0 atom stereocenters. The molecule has 0 bridgehead atoms. The summed E-state index contributed by atoms with van der Waals surface area (Å²) in [5.74, 6) is -0.283. The summed E-state index contributed by atoms with van der Waals surface area (Å²) in [6.07, 6.45) is 0. The first-order chi connectivity index (χ1) is 13.4. The monoisotopic (exact) mass is 402 g/mol. The van der Waals surface area contributed by atoms with E-state index >= 15 is 0 Å². The van der Waals surface area contributed by atoms with E-state index in [-0.39, 0.29) is 12.4 Å². The molecule has 0 radical (unpaired) electrons. The van der Waals surface area contributed by atoms with Gasteiger partial charge in [0.1, 0.15) is 0 Å². The number of hydrazine groups is 2. The van der Waals surface area contributed by atoms with Crippen LogP contribution in [-0.4, -0.2) is 87.9 Å². The summed E-state index contributed by atoms with van der Waals surface area (Å²) in [7, 11) is 0. The highest BCUT2D eigenvalue weighted by molar-refractivity contribution is 5.53. The predicted octanol–water partition coefficient (Wildman–Crippen LogP) is -0.466. The van der Waals surface area contributed by atoms with Crippen LogP contribution in [0.4, 0.5) is 11.4 Å². The molecule has 28 heavy (non-hydrogen) atoms. The highest BCUT2D eigenvalue weighted by Crippen LogP contribution is 2.30. The minimum atomic E-state index is -0.816. The quantitative estimate of drug-likeness (QED) is 0.248. The lowest BCUT2D eigenvalue weighted by Crippen LogP contribution is -2.57. The van der Waals surface area contributed by atoms with Gasteiger partial charge < -0.3 is 14.7 Å². The van der Waals surface area contributed by atoms with Gasteiger partial charge in [0, 0.05) is 38.8 Å². The lowest BCUT2D eigenvalue weighted by atomic mass is 10.2. The van der Waals surface area contributed by atoms with Crippen molar-refractivity contribution in [1.82, 2.24) is 20.8 Å². The maximum absolute atomic E-state index is 11.1. The van der Waals surface area contributed by atoms with E-state index in [4.69, 9.17) is 14.7 Å². The van der Waals surface area contributed by atoms with Crippen molar-refractivity contribution in [1.29, 1.82) is 0 Å². The molecule has 1 aliphatic rings. The van der Waals surface area contributed by atoms with Crippen LogP contribution < -0.4 is 10.4 Å². The maximum atomic E-state index is 11.1. The Morgan fingerprint density at radius 2 is 1.86 bits per heavy atom. The first kappa shape index (κ1) is 21.8. The largest absolute Gasteiger partial charge is 0.394 e. The van der Waals surface area contributed by atoms with E-state index in [1.54, 1.807) is 0 Å². The summed E-state index contributed by atoms with van der Waals surface area (Å²) < 4.78 is 5.21. The SMILES string of the molecule is O=[N+]([O-])c1ccc(ONN(O)N2CCN(CCOCCO)CC2)c([N+](=O)[O-])c1. The molecular weight excluding hydrogens is 380 g/mol. The molecule has 0 aliphatic carbocycles. The van der Waals surface area contributed by atoms with Crippen LogP contribution in [0.5, 0.6) is 5.75 Å². The van der Waals surface area contributed by atoms with E-state index in [2.05, 4.69) is 10.5 Å². The van der Waals surface area contributed by atoms with Crippen LogP contribution >= 0.6 is 0 Å². The van der Waals surface area contributed by atoms with Crippen LogP contribution in [0, 0.1) is 20.2 Å². The smallest absolute Gasteiger partial charge is 0.320 e. The Labute approximate surface area is 159 Å². The van der Waals surface area contributed by atoms with Gasteiger partial charge in [0.25, 0.3) is 5.69 Å². The predicted molar refractivity (Wildman–Crippen MR) is 93.1 cm³/mol. The Morgan fingerprint density at radius 1 is 1.14 bits per heavy atom. The number of nitro groups is 2. The van der Waals surface area contributed by atoms with Gasteiger partial charge in [-0.15, -0.1) is 0 Å². The van der Waals surface area contributed by atoms with Crippen molar-refractivity contribution in [2.75, 3.05) is 52.5 Å². The van der Waals surface area contributed by atoms with Crippen molar-refractivity contribution < 1.29 is 29.7 Å². The molecule has 1 aromatic rings. The molecule has 1 aromatic carbocycles. The normalized spacial score (nSPS) is 15.7. The summed E-state index contributed by atoms with van der Waals surface area (Å²) in [5, 5.41) is 42.6. The van der Waals surface area contributed by atoms with Crippen LogP contribution in [0.2, 0.25) is 0 Å². The summed E-state index contributed by atoms with van der Waals surface area (Å²) in [5.41, 5.74) is 1.10. The Hall–Kier alpha value is -2.46. The number of nitrogens with zero attached hydrogens (tertiary/aromatic N) is 5. The zero-order valence-corrected chi connectivity index (χ0v) is 15.0. The Kier molecular flexibility index (Phi) is 8.40. The molecule has 0 aromatic heterocycles. The molecule has 1 saturated heterocycles. The molecule has 0 amide bonds. The van der Waals surface area contributed by atoms with Crippen molar-refractivity contribution in [3.8, 4) is 5.75 Å². The Balaban J connectivity index is 1.82. The maximum Gasteiger partial charge on any atom is 0.320 e. The van der Waals surface area contributed by atoms with Gasteiger partial charge in [0.15, 0.2) is 0 Å². The second-order valence-corrected chi connectivity index (χ2v) is 5.78. The summed E-state index contributed by atoms with van der Waals surface area (Å²) in [6.45, 7) is 3.64. The number of nitro benzene ring substituents is 2. The zero-order chi connectivity index (χ0) is 20.5. The van der Waals surface area contributed by atoms with Gasteiger partial charge in [-0.2, -0.15) is 5.01 Å². The number of hydrogen-bond acceptors (Lipinski definition) is 12. The number of piperazine rings is 1. The van der Waals surface area contributed by atoms with Crippen LogP contribution in [-0.2, 0) is 4.74 Å². The third kappa shape index (κ3) is 6.31. The number of aliphatic hydroxyl groups is 1. The Morgan fingerprint density at radius 3 is 2.46 bits per heavy atom. The fraction of sp³-hybridized carbons (Fsp3) is 0.571. The molecule has 2 rings (SSSR count). The average molecular weight is 402 g/mol. The lowest BCUT2D eigenvalue weighted by molar-refractivity contribution is -0.396. The summed E-state index contributed by atoms with van der Waals surface area (Å²) in [4.78, 5) is 27.4. The minimum absolute atomic E-state index is 0.0220. The number of ether oxygens (including phenoxy) is 1. The highest BCUT2D eigenvalue weighted by Gasteiger charge is 2.24. The van der Waals surface area contributed by atoms with Gasteiger partial charge in [0.2, 0.25) is 5.75 Å². The fourth-order valence-electron chi connectivity index (χ4n) is 2.51. The van der Waals surface area contributed by atoms with E-state index in [9.17, 15) is 25.4 Å². The van der Waals surface area contributed by atoms with Crippen LogP contribution in [0.15, 0.2) is 18.2 Å². The number of benzene rings is 1. The first-order valence-electron chi connectivity index (χ1n) is 8.42. The van der Waals surface area contributed by atoms with Crippen molar-refractivity contribution >= 4 is 11.4 Å². The van der Waals surface area contributed by atoms with Gasteiger partial charge in [-0.25, -0.2) is 0 Å². The Bertz CT molecular complexity index is 669. The van der Waals surface area contributed by atoms with Crippen molar-refractivity contribution in [2.24, 2.45) is 0 Å². The third-order valence-corrected chi connectivity index (χ3v) is 3.99. The molecule has 0 spiro atoms. The van der Waals surface area contributed by atoms with Gasteiger partial charge in [-0.3, -0.25) is 30.3 Å². The van der Waals surface area contributed by atoms with Crippen LogP contribution in [0.1, 0.15) is 0 Å². The molecule has 1 aliphatic heterocycles. The minimum Gasteiger partial charge on any atom is -0.394 e. The lowest BCUT2D eigenvalue weighted by Gasteiger charge is -2.37. The molecule has 1 fully saturated rings. The molecule has 0 saturated carbocycles. The zero-order valence-electron chi connectivity index (χ0n) is 15.0. The van der Waals surface area contributed by atoms with E-state index in [1.807, 2.05) is 0 Å². The molecule has 14 nitrogen and oxygen atoms in total. The van der Waals surface area contributed by atoms with E-state index < -0.39 is 21.2 Å². The van der Waals surface area contributed by atoms with Gasteiger partial charge in [-0.1, -0.05) is 0 Å². The third-order valence-electron chi connectivity index (χ3n) is 3.99. The van der Waals surface area contributed by atoms with Gasteiger partial charge >= 0.3 is 5.69 Å². The first-order valence-corrected chi connectivity index (χ1v) is 8.42. The molecule has 1 heterocycles. The van der Waals surface area contributed by atoms with E-state index in [0.29, 0.717) is 51.2 Å². The second-order valence-electron chi connectivity index (χ2n) is 5.78. The van der Waals surface area contributed by atoms with Crippen molar-refractivity contribution in [2.45, 2.75) is 0 Å². The fourth-order valence-corrected chi connectivity index (χ4v) is 2.51. The van der Waals surface area contributed by atoms with Crippen LogP contribution in [0.25, 0.3) is 0 Å². The second kappa shape index (κ2) is 10.8. The molecular formula is C14H22N6O8. The van der Waals surface area contributed by atoms with Gasteiger partial charge in [0.05, 0.1) is 35.7 Å². The van der Waals surface area contributed by atoms with E-state index in [0.717, 1.165) is 18.2 Å². The number of nitrogens with one attached hydrogen (secondary N) is 1. The molecule has 0 unspecified atom stereocenters. The topological polar surface area (TPSA) is 167 Å². The molecule has 156 valence electrons. The summed E-state index contributed by atoms with van der Waals surface area (Å²) in [6, 6.07) is 2.90. The van der Waals surface area contributed by atoms with E-state index in [1.165, 1.54) is 5.01 Å². The number of hydrogen-bond donors (Lipinski definition) is 3. The van der Waals surface area contributed by atoms with Crippen molar-refractivity contribution in [3.63, 3.8) is 0 Å². The molecule has 14 heteroatoms. The average Bonchev–Trinajstić information content (AvgIpc) is 2.69. The van der Waals surface area contributed by atoms with Gasteiger partial charge in [-0.05, 0) is 16.9 Å². The standard InChI is InChI=1S/C14H22N6O8/c21-8-10-27-9-7-16-3-5-17(6-4-16)20(26)15-28-14-2-1-12(18(22)23)11-13(14)19(24)25/h1-2,11,15,21,26H,3-10H2. The number of non-ortho nitro benzene ring substituents is 1.